The number of halogens is 3. The molecule has 1 aliphatic rings. The summed E-state index contributed by atoms with van der Waals surface area (Å²) in [5, 5.41) is 0. The first-order chi connectivity index (χ1) is 16.8. The summed E-state index contributed by atoms with van der Waals surface area (Å²) in [5.41, 5.74) is 1.82. The maximum atomic E-state index is 12.8. The molecule has 0 fully saturated rings. The van der Waals surface area contributed by atoms with Crippen molar-refractivity contribution in [3.8, 4) is 22.9 Å². The standard InChI is InChI=1S/C27H22F3N3O2/c28-27(29,30)20-10-8-19(9-11-20)25-31-24-14-15-33(17-23(24)26(34)32-25)16-18-6-12-22(13-7-18)35-21-4-2-1-3-5-21/h1-13H,14-17H2,(H,31,32,34). The molecule has 0 saturated carbocycles. The third-order valence-electron chi connectivity index (χ3n) is 5.94. The number of nitrogens with zero attached hydrogens (tertiary/aromatic N) is 2. The Bertz CT molecular complexity index is 1370. The largest absolute Gasteiger partial charge is 0.457 e. The van der Waals surface area contributed by atoms with E-state index in [0.29, 0.717) is 36.3 Å². The van der Waals surface area contributed by atoms with Crippen LogP contribution < -0.4 is 10.3 Å². The van der Waals surface area contributed by atoms with Gasteiger partial charge in [-0.1, -0.05) is 42.5 Å². The summed E-state index contributed by atoms with van der Waals surface area (Å²) in [6.45, 7) is 1.84. The van der Waals surface area contributed by atoms with Crippen molar-refractivity contribution in [3.05, 3.63) is 112 Å². The van der Waals surface area contributed by atoms with Gasteiger partial charge in [0.1, 0.15) is 17.3 Å². The lowest BCUT2D eigenvalue weighted by Gasteiger charge is -2.27. The van der Waals surface area contributed by atoms with Crippen LogP contribution in [0.25, 0.3) is 11.4 Å². The maximum Gasteiger partial charge on any atom is 0.416 e. The van der Waals surface area contributed by atoms with Crippen molar-refractivity contribution in [3.63, 3.8) is 0 Å². The van der Waals surface area contributed by atoms with E-state index in [1.165, 1.54) is 12.1 Å². The summed E-state index contributed by atoms with van der Waals surface area (Å²) >= 11 is 0. The SMILES string of the molecule is O=c1[nH]c(-c2ccc(C(F)(F)F)cc2)nc2c1CN(Cc1ccc(Oc3ccccc3)cc1)CC2. The third kappa shape index (κ3) is 5.27. The average Bonchev–Trinajstić information content (AvgIpc) is 2.86. The lowest BCUT2D eigenvalue weighted by molar-refractivity contribution is -0.137. The number of alkyl halides is 3. The van der Waals surface area contributed by atoms with Crippen LogP contribution in [0, 0.1) is 0 Å². The Morgan fingerprint density at radius 1 is 0.914 bits per heavy atom. The molecule has 35 heavy (non-hydrogen) atoms. The van der Waals surface area contributed by atoms with E-state index < -0.39 is 11.7 Å². The Morgan fingerprint density at radius 2 is 1.60 bits per heavy atom. The molecule has 1 aliphatic heterocycles. The van der Waals surface area contributed by atoms with Gasteiger partial charge in [0.25, 0.3) is 5.56 Å². The zero-order valence-corrected chi connectivity index (χ0v) is 18.7. The van der Waals surface area contributed by atoms with E-state index >= 15 is 0 Å². The van der Waals surface area contributed by atoms with Gasteiger partial charge in [0.2, 0.25) is 0 Å². The molecule has 0 saturated heterocycles. The minimum atomic E-state index is -4.41. The van der Waals surface area contributed by atoms with E-state index in [1.807, 2.05) is 54.6 Å². The Hall–Kier alpha value is -3.91. The number of ether oxygens (including phenoxy) is 1. The number of aromatic amines is 1. The lowest BCUT2D eigenvalue weighted by atomic mass is 10.0. The zero-order valence-electron chi connectivity index (χ0n) is 18.7. The summed E-state index contributed by atoms with van der Waals surface area (Å²) in [4.78, 5) is 22.2. The first-order valence-corrected chi connectivity index (χ1v) is 11.2. The van der Waals surface area contributed by atoms with Gasteiger partial charge in [-0.25, -0.2) is 4.98 Å². The van der Waals surface area contributed by atoms with Gasteiger partial charge >= 0.3 is 6.18 Å². The number of H-pyrrole nitrogens is 1. The smallest absolute Gasteiger partial charge is 0.416 e. The molecule has 0 unspecified atom stereocenters. The van der Waals surface area contributed by atoms with Crippen molar-refractivity contribution < 1.29 is 17.9 Å². The maximum absolute atomic E-state index is 12.8. The van der Waals surface area contributed by atoms with Crippen molar-refractivity contribution >= 4 is 0 Å². The van der Waals surface area contributed by atoms with E-state index in [2.05, 4.69) is 14.9 Å². The van der Waals surface area contributed by atoms with Crippen molar-refractivity contribution in [1.82, 2.24) is 14.9 Å². The minimum absolute atomic E-state index is 0.263. The molecule has 3 aromatic carbocycles. The molecule has 0 atom stereocenters. The van der Waals surface area contributed by atoms with E-state index in [0.717, 1.165) is 35.7 Å². The van der Waals surface area contributed by atoms with Gasteiger partial charge in [-0.05, 0) is 42.0 Å². The molecule has 178 valence electrons. The molecule has 5 nitrogen and oxygen atoms in total. The van der Waals surface area contributed by atoms with Crippen LogP contribution in [-0.2, 0) is 25.7 Å². The number of benzene rings is 3. The molecule has 4 aromatic rings. The van der Waals surface area contributed by atoms with Crippen molar-refractivity contribution in [1.29, 1.82) is 0 Å². The predicted molar refractivity (Wildman–Crippen MR) is 126 cm³/mol. The lowest BCUT2D eigenvalue weighted by Crippen LogP contribution is -2.35. The second-order valence-electron chi connectivity index (χ2n) is 8.43. The summed E-state index contributed by atoms with van der Waals surface area (Å²) < 4.78 is 44.3. The quantitative estimate of drug-likeness (QED) is 0.394. The minimum Gasteiger partial charge on any atom is -0.457 e. The zero-order chi connectivity index (χ0) is 24.4. The molecule has 5 rings (SSSR count). The highest BCUT2D eigenvalue weighted by molar-refractivity contribution is 5.56. The topological polar surface area (TPSA) is 58.2 Å². The number of nitrogens with one attached hydrogen (secondary N) is 1. The predicted octanol–water partition coefficient (Wildman–Crippen LogP) is 5.81. The van der Waals surface area contributed by atoms with E-state index in [9.17, 15) is 18.0 Å². The van der Waals surface area contributed by atoms with Crippen molar-refractivity contribution in [2.75, 3.05) is 6.54 Å². The number of para-hydroxylation sites is 1. The van der Waals surface area contributed by atoms with E-state index in [1.54, 1.807) is 0 Å². The second kappa shape index (κ2) is 9.38. The summed E-state index contributed by atoms with van der Waals surface area (Å²) in [7, 11) is 0. The van der Waals surface area contributed by atoms with Crippen LogP contribution >= 0.6 is 0 Å². The summed E-state index contributed by atoms with van der Waals surface area (Å²) in [6.07, 6.45) is -3.82. The molecule has 0 amide bonds. The molecular weight excluding hydrogens is 455 g/mol. The van der Waals surface area contributed by atoms with E-state index in [4.69, 9.17) is 4.74 Å². The van der Waals surface area contributed by atoms with Crippen LogP contribution in [0.4, 0.5) is 13.2 Å². The molecule has 1 aromatic heterocycles. The van der Waals surface area contributed by atoms with Crippen molar-refractivity contribution in [2.24, 2.45) is 0 Å². The number of hydrogen-bond acceptors (Lipinski definition) is 4. The first-order valence-electron chi connectivity index (χ1n) is 11.2. The average molecular weight is 477 g/mol. The molecule has 8 heteroatoms. The number of hydrogen-bond donors (Lipinski definition) is 1. The Kier molecular flexibility index (Phi) is 6.13. The van der Waals surface area contributed by atoms with Crippen LogP contribution in [0.1, 0.15) is 22.4 Å². The highest BCUT2D eigenvalue weighted by Crippen LogP contribution is 2.30. The van der Waals surface area contributed by atoms with Gasteiger partial charge in [0, 0.05) is 31.6 Å². The molecule has 0 radical (unpaired) electrons. The molecular formula is C27H22F3N3O2. The number of fused-ring (bicyclic) bond motifs is 1. The summed E-state index contributed by atoms with van der Waals surface area (Å²) in [6, 6.07) is 22.1. The van der Waals surface area contributed by atoms with Crippen LogP contribution in [0.3, 0.4) is 0 Å². The second-order valence-corrected chi connectivity index (χ2v) is 8.43. The number of aromatic nitrogens is 2. The molecule has 2 heterocycles. The Morgan fingerprint density at radius 3 is 2.29 bits per heavy atom. The normalized spacial score (nSPS) is 13.9. The molecule has 0 bridgehead atoms. The third-order valence-corrected chi connectivity index (χ3v) is 5.94. The van der Waals surface area contributed by atoms with Gasteiger partial charge in [-0.3, -0.25) is 9.69 Å². The highest BCUT2D eigenvalue weighted by Gasteiger charge is 2.30. The fourth-order valence-corrected chi connectivity index (χ4v) is 4.12. The van der Waals surface area contributed by atoms with Gasteiger partial charge < -0.3 is 9.72 Å². The van der Waals surface area contributed by atoms with Crippen LogP contribution in [0.15, 0.2) is 83.7 Å². The van der Waals surface area contributed by atoms with Crippen LogP contribution in [0.2, 0.25) is 0 Å². The van der Waals surface area contributed by atoms with Gasteiger partial charge in [-0.15, -0.1) is 0 Å². The van der Waals surface area contributed by atoms with Gasteiger partial charge in [0.15, 0.2) is 0 Å². The van der Waals surface area contributed by atoms with E-state index in [-0.39, 0.29) is 11.4 Å². The fourth-order valence-electron chi connectivity index (χ4n) is 4.12. The monoisotopic (exact) mass is 477 g/mol. The number of rotatable bonds is 5. The molecule has 1 N–H and O–H groups in total. The fraction of sp³-hybridized carbons (Fsp3) is 0.185. The van der Waals surface area contributed by atoms with Crippen LogP contribution in [0.5, 0.6) is 11.5 Å². The Balaban J connectivity index is 1.27. The Labute approximate surface area is 199 Å². The van der Waals surface area contributed by atoms with Gasteiger partial charge in [0.05, 0.1) is 16.8 Å². The molecule has 0 aliphatic carbocycles. The summed E-state index contributed by atoms with van der Waals surface area (Å²) in [5.74, 6) is 1.81. The molecule has 0 spiro atoms. The van der Waals surface area contributed by atoms with Gasteiger partial charge in [-0.2, -0.15) is 13.2 Å². The highest BCUT2D eigenvalue weighted by atomic mass is 19.4. The van der Waals surface area contributed by atoms with Crippen LogP contribution in [-0.4, -0.2) is 21.4 Å². The first kappa shape index (κ1) is 22.9. The van der Waals surface area contributed by atoms with Crippen molar-refractivity contribution in [2.45, 2.75) is 25.7 Å².